The van der Waals surface area contributed by atoms with Crippen molar-refractivity contribution in [3.63, 3.8) is 0 Å². The molecular formula is C20H24FN3O2. The highest BCUT2D eigenvalue weighted by Gasteiger charge is 2.20. The van der Waals surface area contributed by atoms with Crippen LogP contribution in [0.3, 0.4) is 0 Å². The van der Waals surface area contributed by atoms with Crippen LogP contribution in [0.15, 0.2) is 53.2 Å². The molecule has 1 aliphatic rings. The van der Waals surface area contributed by atoms with E-state index in [2.05, 4.69) is 28.0 Å². The fourth-order valence-corrected chi connectivity index (χ4v) is 2.52. The second-order valence-electron chi connectivity index (χ2n) is 6.12. The van der Waals surface area contributed by atoms with Gasteiger partial charge in [-0.25, -0.2) is 9.82 Å². The molecule has 0 aromatic heterocycles. The number of nitrogens with one attached hydrogen (secondary N) is 2. The van der Waals surface area contributed by atoms with E-state index in [-0.39, 0.29) is 12.1 Å². The highest BCUT2D eigenvalue weighted by Crippen LogP contribution is 2.32. The summed E-state index contributed by atoms with van der Waals surface area (Å²) < 4.78 is 13.1. The summed E-state index contributed by atoms with van der Waals surface area (Å²) >= 11 is 0. The molecule has 2 amide bonds. The zero-order valence-corrected chi connectivity index (χ0v) is 14.9. The predicted molar refractivity (Wildman–Crippen MR) is 100 cm³/mol. The lowest BCUT2D eigenvalue weighted by Crippen LogP contribution is -2.35. The van der Waals surface area contributed by atoms with Gasteiger partial charge in [-0.05, 0) is 55.9 Å². The first-order valence-electron chi connectivity index (χ1n) is 8.77. The molecule has 138 valence electrons. The lowest BCUT2D eigenvalue weighted by molar-refractivity contribution is -0.120. The van der Waals surface area contributed by atoms with Crippen LogP contribution in [-0.2, 0) is 4.79 Å². The van der Waals surface area contributed by atoms with Gasteiger partial charge in [0.15, 0.2) is 0 Å². The number of carbonyl (C=O) groups excluding carboxylic acids is 2. The van der Waals surface area contributed by atoms with Crippen LogP contribution in [0.4, 0.5) is 4.39 Å². The maximum atomic E-state index is 13.1. The van der Waals surface area contributed by atoms with E-state index in [0.717, 1.165) is 30.9 Å². The molecule has 0 spiro atoms. The largest absolute Gasteiger partial charge is 0.343 e. The molecular weight excluding hydrogens is 333 g/mol. The van der Waals surface area contributed by atoms with Crippen LogP contribution in [-0.4, -0.2) is 24.6 Å². The van der Waals surface area contributed by atoms with E-state index < -0.39 is 17.6 Å². The minimum atomic E-state index is -0.509. The molecule has 0 saturated heterocycles. The third-order valence-electron chi connectivity index (χ3n) is 4.20. The minimum Gasteiger partial charge on any atom is -0.343 e. The first kappa shape index (κ1) is 19.6. The van der Waals surface area contributed by atoms with Crippen LogP contribution in [0.5, 0.6) is 0 Å². The van der Waals surface area contributed by atoms with Gasteiger partial charge in [0, 0.05) is 5.56 Å². The normalized spacial score (nSPS) is 15.2. The Kier molecular flexibility index (Phi) is 7.74. The molecule has 0 heterocycles. The third-order valence-corrected chi connectivity index (χ3v) is 4.20. The zero-order valence-electron chi connectivity index (χ0n) is 14.9. The Balaban J connectivity index is 1.80. The van der Waals surface area contributed by atoms with Crippen molar-refractivity contribution in [2.24, 2.45) is 11.0 Å². The van der Waals surface area contributed by atoms with Crippen molar-refractivity contribution in [2.45, 2.75) is 32.6 Å². The maximum Gasteiger partial charge on any atom is 0.259 e. The first-order valence-corrected chi connectivity index (χ1v) is 8.77. The number of hydrogen-bond donors (Lipinski definition) is 2. The van der Waals surface area contributed by atoms with Crippen LogP contribution in [0.25, 0.3) is 0 Å². The maximum absolute atomic E-state index is 13.1. The molecule has 1 aromatic rings. The number of benzene rings is 1. The molecule has 0 unspecified atom stereocenters. The molecule has 0 bridgehead atoms. The van der Waals surface area contributed by atoms with E-state index in [1.165, 1.54) is 24.6 Å². The van der Waals surface area contributed by atoms with E-state index in [9.17, 15) is 14.0 Å². The Morgan fingerprint density at radius 1 is 1.35 bits per heavy atom. The highest BCUT2D eigenvalue weighted by molar-refractivity contribution is 5.96. The van der Waals surface area contributed by atoms with Crippen molar-refractivity contribution in [1.29, 1.82) is 0 Å². The zero-order chi connectivity index (χ0) is 18.8. The van der Waals surface area contributed by atoms with Crippen LogP contribution in [0, 0.1) is 11.7 Å². The number of allylic oxidation sites excluding steroid dienone is 4. The second-order valence-corrected chi connectivity index (χ2v) is 6.12. The highest BCUT2D eigenvalue weighted by atomic mass is 19.1. The Morgan fingerprint density at radius 2 is 2.15 bits per heavy atom. The fraction of sp³-hybridized carbons (Fsp3) is 0.350. The number of hydrogen-bond acceptors (Lipinski definition) is 3. The van der Waals surface area contributed by atoms with Gasteiger partial charge in [-0.3, -0.25) is 9.59 Å². The van der Waals surface area contributed by atoms with Crippen molar-refractivity contribution in [2.75, 3.05) is 6.54 Å². The number of rotatable bonds is 8. The molecule has 1 aliphatic carbocycles. The van der Waals surface area contributed by atoms with Crippen molar-refractivity contribution >= 4 is 18.0 Å². The fourth-order valence-electron chi connectivity index (χ4n) is 2.52. The monoisotopic (exact) mass is 357 g/mol. The van der Waals surface area contributed by atoms with Crippen molar-refractivity contribution in [3.05, 3.63) is 59.4 Å². The average molecular weight is 357 g/mol. The quantitative estimate of drug-likeness (QED) is 0.425. The Hall–Kier alpha value is -2.76. The van der Waals surface area contributed by atoms with Crippen molar-refractivity contribution in [1.82, 2.24) is 10.7 Å². The molecule has 0 radical (unpaired) electrons. The average Bonchev–Trinajstić information content (AvgIpc) is 2.58. The van der Waals surface area contributed by atoms with Gasteiger partial charge >= 0.3 is 0 Å². The molecule has 6 heteroatoms. The van der Waals surface area contributed by atoms with E-state index >= 15 is 0 Å². The van der Waals surface area contributed by atoms with Gasteiger partial charge < -0.3 is 5.32 Å². The third kappa shape index (κ3) is 6.27. The second kappa shape index (κ2) is 10.3. The van der Waals surface area contributed by atoms with Crippen LogP contribution >= 0.6 is 0 Å². The van der Waals surface area contributed by atoms with Gasteiger partial charge in [-0.1, -0.05) is 30.7 Å². The van der Waals surface area contributed by atoms with Crippen molar-refractivity contribution < 1.29 is 14.0 Å². The minimum absolute atomic E-state index is 0.167. The molecule has 0 atom stereocenters. The molecule has 2 rings (SSSR count). The summed E-state index contributed by atoms with van der Waals surface area (Å²) in [5.74, 6) is -0.939. The lowest BCUT2D eigenvalue weighted by Gasteiger charge is -2.26. The van der Waals surface area contributed by atoms with Crippen LogP contribution < -0.4 is 10.7 Å². The number of carbonyl (C=O) groups is 2. The van der Waals surface area contributed by atoms with Gasteiger partial charge in [-0.15, -0.1) is 0 Å². The summed E-state index contributed by atoms with van der Waals surface area (Å²) in [5.41, 5.74) is 3.70. The molecule has 1 saturated carbocycles. The first-order chi connectivity index (χ1) is 12.6. The van der Waals surface area contributed by atoms with E-state index in [1.54, 1.807) is 6.21 Å². The van der Waals surface area contributed by atoms with Crippen molar-refractivity contribution in [3.8, 4) is 0 Å². The molecule has 5 nitrogen and oxygen atoms in total. The van der Waals surface area contributed by atoms with E-state index in [0.29, 0.717) is 5.92 Å². The Morgan fingerprint density at radius 3 is 2.81 bits per heavy atom. The number of amides is 2. The van der Waals surface area contributed by atoms with E-state index in [1.807, 2.05) is 13.0 Å². The topological polar surface area (TPSA) is 70.6 Å². The van der Waals surface area contributed by atoms with Gasteiger partial charge in [-0.2, -0.15) is 5.10 Å². The van der Waals surface area contributed by atoms with Crippen LogP contribution in [0.2, 0.25) is 0 Å². The summed E-state index contributed by atoms with van der Waals surface area (Å²) in [6, 6.07) is 5.29. The lowest BCUT2D eigenvalue weighted by atomic mass is 9.79. The number of nitrogens with zero attached hydrogens (tertiary/aromatic N) is 1. The number of halogens is 1. The SMILES string of the molecule is C/C=C\C/C=C(/C=N/NC(=O)CNC(=O)c1cccc(F)c1)C1CCC1. The van der Waals surface area contributed by atoms with Gasteiger partial charge in [0.05, 0.1) is 12.8 Å². The van der Waals surface area contributed by atoms with E-state index in [4.69, 9.17) is 0 Å². The van der Waals surface area contributed by atoms with Gasteiger partial charge in [0.25, 0.3) is 11.8 Å². The molecule has 2 N–H and O–H groups in total. The summed E-state index contributed by atoms with van der Waals surface area (Å²) in [7, 11) is 0. The summed E-state index contributed by atoms with van der Waals surface area (Å²) in [6.07, 6.45) is 12.2. The molecule has 0 aliphatic heterocycles. The number of hydrazone groups is 1. The molecule has 1 aromatic carbocycles. The Bertz CT molecular complexity index is 722. The van der Waals surface area contributed by atoms with Crippen LogP contribution in [0.1, 0.15) is 43.0 Å². The Labute approximate surface area is 153 Å². The standard InChI is InChI=1S/C20H24FN3O2/c1-2-3-4-7-17(15-8-5-9-15)13-23-24-19(25)14-22-20(26)16-10-6-11-18(21)12-16/h2-3,6-7,10-13,15H,4-5,8-9,14H2,1H3,(H,22,26)(H,24,25)/b3-2-,17-7-,23-13+. The predicted octanol–water partition coefficient (Wildman–Crippen LogP) is 3.35. The molecule has 1 fully saturated rings. The smallest absolute Gasteiger partial charge is 0.259 e. The summed E-state index contributed by atoms with van der Waals surface area (Å²) in [4.78, 5) is 23.7. The molecule has 26 heavy (non-hydrogen) atoms. The van der Waals surface area contributed by atoms with Gasteiger partial charge in [0.1, 0.15) is 5.82 Å². The van der Waals surface area contributed by atoms with Gasteiger partial charge in [0.2, 0.25) is 0 Å². The summed E-state index contributed by atoms with van der Waals surface area (Å²) in [5, 5.41) is 6.43. The summed E-state index contributed by atoms with van der Waals surface area (Å²) in [6.45, 7) is 1.75.